The van der Waals surface area contributed by atoms with Gasteiger partial charge in [-0.05, 0) is 25.7 Å². The highest BCUT2D eigenvalue weighted by molar-refractivity contribution is 6.03. The van der Waals surface area contributed by atoms with Crippen LogP contribution in [0.25, 0.3) is 0 Å². The number of ether oxygens (including phenoxy) is 1. The van der Waals surface area contributed by atoms with Crippen LogP contribution >= 0.6 is 0 Å². The van der Waals surface area contributed by atoms with Crippen molar-refractivity contribution < 1.29 is 24.2 Å². The van der Waals surface area contributed by atoms with Crippen molar-refractivity contribution in [2.75, 3.05) is 32.8 Å². The molecule has 3 aliphatic heterocycles. The molecule has 0 aromatic heterocycles. The first kappa shape index (κ1) is 15.2. The minimum absolute atomic E-state index is 0.0653. The van der Waals surface area contributed by atoms with E-state index in [4.69, 9.17) is 4.74 Å². The van der Waals surface area contributed by atoms with Gasteiger partial charge in [-0.1, -0.05) is 0 Å². The smallest absolute Gasteiger partial charge is 0.325 e. The van der Waals surface area contributed by atoms with E-state index in [-0.39, 0.29) is 24.9 Å². The Balaban J connectivity index is 1.54. The van der Waals surface area contributed by atoms with E-state index in [0.717, 1.165) is 12.8 Å². The number of piperidine rings is 1. The Morgan fingerprint density at radius 2 is 2.09 bits per heavy atom. The zero-order valence-electron chi connectivity index (χ0n) is 12.4. The van der Waals surface area contributed by atoms with Crippen molar-refractivity contribution >= 4 is 17.8 Å². The van der Waals surface area contributed by atoms with Gasteiger partial charge >= 0.3 is 6.03 Å². The van der Waals surface area contributed by atoms with Crippen LogP contribution < -0.4 is 5.32 Å². The summed E-state index contributed by atoms with van der Waals surface area (Å²) in [5.74, 6) is -0.556. The van der Waals surface area contributed by atoms with Crippen LogP contribution in [-0.2, 0) is 14.3 Å². The fourth-order valence-electron chi connectivity index (χ4n) is 3.40. The predicted molar refractivity (Wildman–Crippen MR) is 74.8 cm³/mol. The first-order valence-corrected chi connectivity index (χ1v) is 7.69. The minimum atomic E-state index is -0.518. The predicted octanol–water partition coefficient (Wildman–Crippen LogP) is -0.929. The van der Waals surface area contributed by atoms with E-state index in [1.54, 1.807) is 4.90 Å². The summed E-state index contributed by atoms with van der Waals surface area (Å²) in [5.41, 5.74) is -0.518. The van der Waals surface area contributed by atoms with Gasteiger partial charge in [0.2, 0.25) is 11.8 Å². The number of hydrogen-bond donors (Lipinski definition) is 2. The van der Waals surface area contributed by atoms with E-state index in [0.29, 0.717) is 32.5 Å². The number of likely N-dealkylation sites (tertiary alicyclic amines) is 1. The normalized spacial score (nSPS) is 28.1. The SMILES string of the molecule is O=C1CN(CC(=O)N2CCC3(CC2)OCCC[C@@H]3O)C(=O)N1. The van der Waals surface area contributed by atoms with Crippen LogP contribution in [-0.4, -0.2) is 77.2 Å². The molecule has 0 radical (unpaired) electrons. The molecule has 1 spiro atoms. The highest BCUT2D eigenvalue weighted by atomic mass is 16.5. The number of carbonyl (C=O) groups is 3. The average Bonchev–Trinajstić information content (AvgIpc) is 2.81. The third-order valence-electron chi connectivity index (χ3n) is 4.78. The molecule has 2 N–H and O–H groups in total. The van der Waals surface area contributed by atoms with Crippen molar-refractivity contribution in [3.8, 4) is 0 Å². The second-order valence-electron chi connectivity index (χ2n) is 6.16. The molecule has 3 fully saturated rings. The van der Waals surface area contributed by atoms with E-state index in [1.165, 1.54) is 4.90 Å². The van der Waals surface area contributed by atoms with Crippen LogP contribution in [0.4, 0.5) is 4.79 Å². The van der Waals surface area contributed by atoms with Gasteiger partial charge in [-0.15, -0.1) is 0 Å². The molecular formula is C14H21N3O5. The van der Waals surface area contributed by atoms with Crippen LogP contribution in [0, 0.1) is 0 Å². The molecule has 122 valence electrons. The Morgan fingerprint density at radius 3 is 2.68 bits per heavy atom. The number of nitrogens with zero attached hydrogens (tertiary/aromatic N) is 2. The zero-order chi connectivity index (χ0) is 15.7. The lowest BCUT2D eigenvalue weighted by molar-refractivity contribution is -0.179. The highest BCUT2D eigenvalue weighted by Crippen LogP contribution is 2.35. The van der Waals surface area contributed by atoms with Crippen LogP contribution in [0.2, 0.25) is 0 Å². The van der Waals surface area contributed by atoms with Gasteiger partial charge in [0.05, 0.1) is 11.7 Å². The van der Waals surface area contributed by atoms with Crippen molar-refractivity contribution in [3.63, 3.8) is 0 Å². The third kappa shape index (κ3) is 2.80. The second kappa shape index (κ2) is 5.85. The van der Waals surface area contributed by atoms with E-state index < -0.39 is 17.7 Å². The number of urea groups is 1. The molecule has 3 saturated heterocycles. The Labute approximate surface area is 128 Å². The topological polar surface area (TPSA) is 99.2 Å². The van der Waals surface area contributed by atoms with Gasteiger partial charge in [0.15, 0.2) is 0 Å². The third-order valence-corrected chi connectivity index (χ3v) is 4.78. The fraction of sp³-hybridized carbons (Fsp3) is 0.786. The van der Waals surface area contributed by atoms with Gasteiger partial charge in [-0.25, -0.2) is 4.79 Å². The maximum atomic E-state index is 12.2. The number of aliphatic hydroxyl groups is 1. The summed E-state index contributed by atoms with van der Waals surface area (Å²) in [6.45, 7) is 1.50. The molecule has 3 rings (SSSR count). The lowest BCUT2D eigenvalue weighted by Gasteiger charge is -2.46. The Kier molecular flexibility index (Phi) is 4.05. The first-order chi connectivity index (χ1) is 10.5. The molecule has 0 aromatic rings. The molecule has 0 bridgehead atoms. The van der Waals surface area contributed by atoms with Crippen molar-refractivity contribution in [1.29, 1.82) is 0 Å². The number of hydrogen-bond acceptors (Lipinski definition) is 5. The van der Waals surface area contributed by atoms with E-state index in [2.05, 4.69) is 5.32 Å². The molecule has 0 aliphatic carbocycles. The largest absolute Gasteiger partial charge is 0.390 e. The lowest BCUT2D eigenvalue weighted by Crippen LogP contribution is -2.57. The maximum Gasteiger partial charge on any atom is 0.325 e. The zero-order valence-corrected chi connectivity index (χ0v) is 12.4. The molecule has 3 aliphatic rings. The van der Waals surface area contributed by atoms with Gasteiger partial charge in [0.1, 0.15) is 13.1 Å². The van der Waals surface area contributed by atoms with Crippen molar-refractivity contribution in [1.82, 2.24) is 15.1 Å². The Hall–Kier alpha value is -1.67. The number of rotatable bonds is 2. The summed E-state index contributed by atoms with van der Waals surface area (Å²) < 4.78 is 5.80. The summed E-state index contributed by atoms with van der Waals surface area (Å²) in [6.07, 6.45) is 2.34. The highest BCUT2D eigenvalue weighted by Gasteiger charge is 2.44. The van der Waals surface area contributed by atoms with E-state index in [1.807, 2.05) is 0 Å². The van der Waals surface area contributed by atoms with Crippen molar-refractivity contribution in [3.05, 3.63) is 0 Å². The van der Waals surface area contributed by atoms with Crippen LogP contribution in [0.5, 0.6) is 0 Å². The number of aliphatic hydroxyl groups excluding tert-OH is 1. The quantitative estimate of drug-likeness (QED) is 0.642. The summed E-state index contributed by atoms with van der Waals surface area (Å²) in [6, 6.07) is -0.516. The average molecular weight is 311 g/mol. The van der Waals surface area contributed by atoms with Gasteiger partial charge < -0.3 is 19.6 Å². The summed E-state index contributed by atoms with van der Waals surface area (Å²) in [5, 5.41) is 12.3. The fourth-order valence-corrected chi connectivity index (χ4v) is 3.40. The molecule has 1 atom stereocenters. The Bertz CT molecular complexity index is 487. The molecule has 0 saturated carbocycles. The molecule has 8 heteroatoms. The second-order valence-corrected chi connectivity index (χ2v) is 6.16. The molecule has 0 aromatic carbocycles. The molecular weight excluding hydrogens is 290 g/mol. The monoisotopic (exact) mass is 311 g/mol. The van der Waals surface area contributed by atoms with Crippen LogP contribution in [0.1, 0.15) is 25.7 Å². The molecule has 4 amide bonds. The molecule has 3 heterocycles. The molecule has 22 heavy (non-hydrogen) atoms. The minimum Gasteiger partial charge on any atom is -0.390 e. The van der Waals surface area contributed by atoms with Crippen molar-refractivity contribution in [2.45, 2.75) is 37.4 Å². The standard InChI is InChI=1S/C14H21N3O5/c18-10-2-1-7-22-14(10)3-5-16(6-4-14)12(20)9-17-8-11(19)15-13(17)21/h10,18H,1-9H2,(H,15,19,21)/t10-/m0/s1. The van der Waals surface area contributed by atoms with Gasteiger partial charge in [0, 0.05) is 19.7 Å². The number of nitrogens with one attached hydrogen (secondary N) is 1. The van der Waals surface area contributed by atoms with Crippen LogP contribution in [0.3, 0.4) is 0 Å². The summed E-state index contributed by atoms with van der Waals surface area (Å²) in [4.78, 5) is 37.7. The molecule has 0 unspecified atom stereocenters. The number of amides is 4. The number of imide groups is 1. The van der Waals surface area contributed by atoms with Gasteiger partial charge in [-0.2, -0.15) is 0 Å². The summed E-state index contributed by atoms with van der Waals surface area (Å²) in [7, 11) is 0. The first-order valence-electron chi connectivity index (χ1n) is 7.69. The molecule has 8 nitrogen and oxygen atoms in total. The van der Waals surface area contributed by atoms with Gasteiger partial charge in [0.25, 0.3) is 0 Å². The van der Waals surface area contributed by atoms with Crippen LogP contribution in [0.15, 0.2) is 0 Å². The van der Waals surface area contributed by atoms with Gasteiger partial charge in [-0.3, -0.25) is 14.9 Å². The number of carbonyl (C=O) groups excluding carboxylic acids is 3. The Morgan fingerprint density at radius 1 is 1.36 bits per heavy atom. The van der Waals surface area contributed by atoms with E-state index in [9.17, 15) is 19.5 Å². The van der Waals surface area contributed by atoms with E-state index >= 15 is 0 Å². The maximum absolute atomic E-state index is 12.2. The van der Waals surface area contributed by atoms with Crippen molar-refractivity contribution in [2.24, 2.45) is 0 Å². The lowest BCUT2D eigenvalue weighted by atomic mass is 9.82. The summed E-state index contributed by atoms with van der Waals surface area (Å²) >= 11 is 0.